The smallest absolute Gasteiger partial charge is 0.480 e. The number of aliphatic hydroxyl groups is 2. The highest BCUT2D eigenvalue weighted by Gasteiger charge is 2.50. The second-order valence-electron chi connectivity index (χ2n) is 14.0. The summed E-state index contributed by atoms with van der Waals surface area (Å²) in [4.78, 5) is 96.0. The largest absolute Gasteiger partial charge is 0.481 e. The van der Waals surface area contributed by atoms with Gasteiger partial charge in [-0.3, -0.25) is 37.3 Å². The highest BCUT2D eigenvalue weighted by Crippen LogP contribution is 2.61. The van der Waals surface area contributed by atoms with E-state index < -0.39 is 96.6 Å². The number of fused-ring (bicyclic) bond motifs is 1. The van der Waals surface area contributed by atoms with Crippen molar-refractivity contribution in [1.29, 1.82) is 0 Å². The molecule has 2 aromatic heterocycles. The Morgan fingerprint density at radius 3 is 2.23 bits per heavy atom. The number of ether oxygens (including phenoxy) is 1. The standard InChI is InChI=1S/C23H38N7O17P3S.C6H13NO2/c1-12(31)51-7-6-25-14(32)4-5-26-21(35)18(34)23(2,3)9-44-50(41,42)47-49(39,40)43-8-13-17(46-48(36,37)38)16(33)22(45-13)30-11-29-15-19(24)27-10-28-20(15)30;1-4(2)3-5(7)6(8)9/h10-11,13,16-18,22,33-34H,4-9H2,1-3H3,(H,25,32)(H,26,35)(H,39,40)(H,41,42)(H2,24,27,28)(H2,36,37,38);4-5H,3,7H2,1-2H3,(H,8,9)/t13-,16-,17-,18+,22-;5-/m10/s1. The number of nitrogens with one attached hydrogen (secondary N) is 2. The van der Waals surface area contributed by atoms with E-state index >= 15 is 0 Å². The van der Waals surface area contributed by atoms with E-state index in [4.69, 9.17) is 30.4 Å². The van der Waals surface area contributed by atoms with Gasteiger partial charge in [0.2, 0.25) is 11.8 Å². The lowest BCUT2D eigenvalue weighted by Gasteiger charge is -2.30. The number of phosphoric ester groups is 3. The number of carbonyl (C=O) groups excluding carboxylic acids is 3. The van der Waals surface area contributed by atoms with E-state index in [9.17, 15) is 62.7 Å². The molecule has 2 aromatic rings. The predicted molar refractivity (Wildman–Crippen MR) is 208 cm³/mol. The molecule has 0 saturated carbocycles. The summed E-state index contributed by atoms with van der Waals surface area (Å²) in [6.07, 6.45) is -6.33. The minimum absolute atomic E-state index is 0.0310. The zero-order valence-corrected chi connectivity index (χ0v) is 36.4. The van der Waals surface area contributed by atoms with Gasteiger partial charge in [0.05, 0.1) is 19.5 Å². The summed E-state index contributed by atoms with van der Waals surface area (Å²) in [6, 6.07) is -0.690. The lowest BCUT2D eigenvalue weighted by molar-refractivity contribution is -0.139. The van der Waals surface area contributed by atoms with Crippen molar-refractivity contribution in [2.24, 2.45) is 17.1 Å². The first-order chi connectivity index (χ1) is 27.6. The molecule has 0 aliphatic carbocycles. The molecule has 27 nitrogen and oxygen atoms in total. The maximum absolute atomic E-state index is 12.6. The highest BCUT2D eigenvalue weighted by molar-refractivity contribution is 8.13. The van der Waals surface area contributed by atoms with Crippen LogP contribution in [0.15, 0.2) is 12.7 Å². The van der Waals surface area contributed by atoms with Gasteiger partial charge in [-0.1, -0.05) is 39.5 Å². The molecule has 1 aliphatic rings. The van der Waals surface area contributed by atoms with Crippen LogP contribution in [-0.2, 0) is 55.5 Å². The van der Waals surface area contributed by atoms with Crippen molar-refractivity contribution in [2.45, 2.75) is 84.1 Å². The Morgan fingerprint density at radius 2 is 1.67 bits per heavy atom. The van der Waals surface area contributed by atoms with E-state index in [1.165, 1.54) is 20.8 Å². The first kappa shape index (κ1) is 53.1. The first-order valence-corrected chi connectivity index (χ1v) is 23.1. The molecule has 0 radical (unpaired) electrons. The van der Waals surface area contributed by atoms with Crippen LogP contribution in [0.25, 0.3) is 11.2 Å². The van der Waals surface area contributed by atoms with Gasteiger partial charge in [-0.15, -0.1) is 0 Å². The van der Waals surface area contributed by atoms with Crippen LogP contribution < -0.4 is 22.1 Å². The summed E-state index contributed by atoms with van der Waals surface area (Å²) in [5, 5.41) is 34.4. The minimum Gasteiger partial charge on any atom is -0.480 e. The third-order valence-corrected chi connectivity index (χ3v) is 11.8. The Hall–Kier alpha value is -3.01. The molecule has 8 atom stereocenters. The number of hydrogen-bond donors (Lipinski definition) is 11. The third-order valence-electron chi connectivity index (χ3n) is 7.85. The lowest BCUT2D eigenvalue weighted by Crippen LogP contribution is -2.46. The molecule has 13 N–H and O–H groups in total. The number of aliphatic carboxylic acids is 1. The number of aliphatic hydroxyl groups excluding tert-OH is 2. The number of nitrogens with two attached hydrogens (primary N) is 2. The molecule has 31 heteroatoms. The number of nitrogens with zero attached hydrogens (tertiary/aromatic N) is 4. The minimum atomic E-state index is -5.56. The van der Waals surface area contributed by atoms with Crippen LogP contribution in [0.5, 0.6) is 0 Å². The summed E-state index contributed by atoms with van der Waals surface area (Å²) in [7, 11) is -16.4. The van der Waals surface area contributed by atoms with Crippen molar-refractivity contribution < 1.29 is 90.4 Å². The number of rotatable bonds is 22. The van der Waals surface area contributed by atoms with Gasteiger partial charge in [-0.2, -0.15) is 4.31 Å². The number of hydrogen-bond acceptors (Lipinski definition) is 20. The van der Waals surface area contributed by atoms with Crippen LogP contribution in [0.2, 0.25) is 0 Å². The second kappa shape index (κ2) is 22.9. The Bertz CT molecular complexity index is 1940. The molecule has 342 valence electrons. The van der Waals surface area contributed by atoms with Gasteiger partial charge in [0.1, 0.15) is 42.3 Å². The van der Waals surface area contributed by atoms with Crippen LogP contribution >= 0.6 is 35.2 Å². The van der Waals surface area contributed by atoms with Gasteiger partial charge < -0.3 is 61.7 Å². The van der Waals surface area contributed by atoms with Gasteiger partial charge in [-0.25, -0.2) is 28.6 Å². The number of carboxylic acid groups (broad SMARTS) is 1. The number of carboxylic acids is 1. The molecule has 2 unspecified atom stereocenters. The number of carbonyl (C=O) groups is 4. The Morgan fingerprint density at radius 1 is 1.03 bits per heavy atom. The van der Waals surface area contributed by atoms with Crippen LogP contribution in [0, 0.1) is 11.3 Å². The number of thioether (sulfide) groups is 1. The molecule has 1 fully saturated rings. The first-order valence-electron chi connectivity index (χ1n) is 17.6. The van der Waals surface area contributed by atoms with Gasteiger partial charge >= 0.3 is 29.4 Å². The monoisotopic (exact) mass is 940 g/mol. The van der Waals surface area contributed by atoms with Gasteiger partial charge in [0.25, 0.3) is 0 Å². The topological polar surface area (TPSA) is 427 Å². The molecular formula is C29H51N8O19P3S. The average molecular weight is 941 g/mol. The molecule has 2 amide bonds. The normalized spacial score (nSPS) is 21.3. The Balaban J connectivity index is 0.00000123. The summed E-state index contributed by atoms with van der Waals surface area (Å²) in [5.41, 5.74) is 9.48. The van der Waals surface area contributed by atoms with E-state index in [0.717, 1.165) is 29.0 Å². The second-order valence-corrected chi connectivity index (χ2v) is 19.5. The predicted octanol–water partition coefficient (Wildman–Crippen LogP) is -0.871. The van der Waals surface area contributed by atoms with E-state index in [-0.39, 0.29) is 41.6 Å². The van der Waals surface area contributed by atoms with E-state index in [1.807, 2.05) is 13.8 Å². The van der Waals surface area contributed by atoms with Gasteiger partial charge in [-0.05, 0) is 12.3 Å². The molecule has 0 aromatic carbocycles. The van der Waals surface area contributed by atoms with Crippen molar-refractivity contribution in [3.05, 3.63) is 12.7 Å². The fourth-order valence-corrected chi connectivity index (χ4v) is 8.25. The fourth-order valence-electron chi connectivity index (χ4n) is 4.93. The van der Waals surface area contributed by atoms with Crippen molar-refractivity contribution in [2.75, 3.05) is 37.8 Å². The van der Waals surface area contributed by atoms with Crippen molar-refractivity contribution in [3.8, 4) is 0 Å². The molecule has 3 heterocycles. The molecule has 1 saturated heterocycles. The molecule has 0 bridgehead atoms. The molecule has 60 heavy (non-hydrogen) atoms. The number of imidazole rings is 1. The number of aromatic nitrogens is 4. The summed E-state index contributed by atoms with van der Waals surface area (Å²) >= 11 is 1.03. The summed E-state index contributed by atoms with van der Waals surface area (Å²) in [6.45, 7) is 5.80. The van der Waals surface area contributed by atoms with E-state index in [2.05, 4.69) is 34.4 Å². The van der Waals surface area contributed by atoms with Gasteiger partial charge in [0, 0.05) is 37.6 Å². The highest BCUT2D eigenvalue weighted by atomic mass is 32.2. The third kappa shape index (κ3) is 17.8. The molecule has 1 aliphatic heterocycles. The van der Waals surface area contributed by atoms with Gasteiger partial charge in [0.15, 0.2) is 22.8 Å². The SMILES string of the molecule is CC(=O)SCCNC(=O)CCNC(=O)[C@H](O)C(C)(C)COP(=O)(O)OP(=O)(O)OC[C@H]1O[C@@H](n2cnc3c(N)ncnc32)[C@H](O)[C@@H]1OP(=O)(O)O.CC(C)C[C@H](N)C(=O)O. The van der Waals surface area contributed by atoms with Crippen molar-refractivity contribution >= 4 is 75.1 Å². The van der Waals surface area contributed by atoms with E-state index in [1.54, 1.807) is 0 Å². The number of phosphoric acid groups is 3. The Labute approximate surface area is 346 Å². The molecule has 3 rings (SSSR count). The van der Waals surface area contributed by atoms with E-state index in [0.29, 0.717) is 18.1 Å². The maximum atomic E-state index is 12.6. The van der Waals surface area contributed by atoms with Crippen LogP contribution in [0.4, 0.5) is 5.82 Å². The molecular weight excluding hydrogens is 889 g/mol. The number of anilines is 1. The van der Waals surface area contributed by atoms with Crippen molar-refractivity contribution in [1.82, 2.24) is 30.2 Å². The number of nitrogen functional groups attached to an aromatic ring is 1. The Kier molecular flexibility index (Phi) is 20.3. The quantitative estimate of drug-likeness (QED) is 0.0505. The summed E-state index contributed by atoms with van der Waals surface area (Å²) < 4.78 is 61.8. The number of amides is 2. The van der Waals surface area contributed by atoms with Crippen LogP contribution in [0.3, 0.4) is 0 Å². The summed E-state index contributed by atoms with van der Waals surface area (Å²) in [5.74, 6) is -1.64. The maximum Gasteiger partial charge on any atom is 0.481 e. The lowest BCUT2D eigenvalue weighted by atomic mass is 9.87. The van der Waals surface area contributed by atoms with Crippen LogP contribution in [0.1, 0.15) is 53.7 Å². The zero-order valence-electron chi connectivity index (χ0n) is 32.9. The van der Waals surface area contributed by atoms with Crippen LogP contribution in [-0.4, -0.2) is 140 Å². The average Bonchev–Trinajstić information content (AvgIpc) is 3.68. The van der Waals surface area contributed by atoms with Crippen molar-refractivity contribution in [3.63, 3.8) is 0 Å². The fraction of sp³-hybridized carbons (Fsp3) is 0.690. The zero-order chi connectivity index (χ0) is 45.8. The molecule has 0 spiro atoms.